The lowest BCUT2D eigenvalue weighted by Crippen LogP contribution is -2.12. The number of carbonyl (C=O) groups excluding carboxylic acids is 1. The molecule has 0 saturated heterocycles. The molecule has 29 heavy (non-hydrogen) atoms. The van der Waals surface area contributed by atoms with E-state index in [-0.39, 0.29) is 0 Å². The number of nitrogens with zero attached hydrogens (tertiary/aromatic N) is 2. The van der Waals surface area contributed by atoms with Gasteiger partial charge in [0.15, 0.2) is 0 Å². The fourth-order valence-electron chi connectivity index (χ4n) is 3.01. The molecular formula is C24H19ClN2O2. The first-order valence-corrected chi connectivity index (χ1v) is 9.75. The van der Waals surface area contributed by atoms with Crippen molar-refractivity contribution in [3.63, 3.8) is 0 Å². The minimum atomic E-state index is -0.444. The Balaban J connectivity index is 1.73. The second kappa shape index (κ2) is 8.33. The maximum Gasteiger partial charge on any atom is 0.344 e. The zero-order valence-electron chi connectivity index (χ0n) is 15.9. The normalized spacial score (nSPS) is 10.7. The Morgan fingerprint density at radius 3 is 2.34 bits per heavy atom. The second-order valence-electron chi connectivity index (χ2n) is 6.54. The molecule has 1 aromatic heterocycles. The summed E-state index contributed by atoms with van der Waals surface area (Å²) in [6, 6.07) is 26.2. The highest BCUT2D eigenvalue weighted by Gasteiger charge is 2.18. The average Bonchev–Trinajstić information content (AvgIpc) is 3.18. The van der Waals surface area contributed by atoms with Crippen molar-refractivity contribution in [3.05, 3.63) is 101 Å². The maximum absolute atomic E-state index is 12.7. The quantitative estimate of drug-likeness (QED) is 0.386. The molecule has 3 aromatic carbocycles. The number of hydrogen-bond acceptors (Lipinski definition) is 3. The van der Waals surface area contributed by atoms with Gasteiger partial charge in [-0.1, -0.05) is 73.1 Å². The van der Waals surface area contributed by atoms with Crippen LogP contribution in [-0.4, -0.2) is 15.7 Å². The summed E-state index contributed by atoms with van der Waals surface area (Å²) in [4.78, 5) is 12.7. The second-order valence-corrected chi connectivity index (χ2v) is 6.94. The van der Waals surface area contributed by atoms with Crippen LogP contribution in [0.2, 0.25) is 5.02 Å². The largest absolute Gasteiger partial charge is 0.404 e. The molecule has 5 heteroatoms. The van der Waals surface area contributed by atoms with Crippen LogP contribution in [0.3, 0.4) is 0 Å². The highest BCUT2D eigenvalue weighted by atomic mass is 35.5. The van der Waals surface area contributed by atoms with E-state index in [4.69, 9.17) is 16.3 Å². The molecule has 0 bridgehead atoms. The van der Waals surface area contributed by atoms with Gasteiger partial charge in [0.2, 0.25) is 5.88 Å². The summed E-state index contributed by atoms with van der Waals surface area (Å²) >= 11 is 6.37. The number of para-hydroxylation sites is 1. The van der Waals surface area contributed by atoms with E-state index in [0.29, 0.717) is 27.8 Å². The highest BCUT2D eigenvalue weighted by Crippen LogP contribution is 2.30. The number of halogens is 1. The molecule has 4 nitrogen and oxygen atoms in total. The highest BCUT2D eigenvalue weighted by molar-refractivity contribution is 6.32. The molecule has 0 aliphatic carbocycles. The Kier molecular flexibility index (Phi) is 5.45. The number of esters is 1. The Labute approximate surface area is 174 Å². The standard InChI is InChI=1S/C24H19ClN2O2/c1-2-17-12-14-19(15-13-17)24(28)29-23-16-21(18-8-4-3-5-9-18)26-27(23)22-11-7-6-10-20(22)25/h3-16H,2H2,1H3. The maximum atomic E-state index is 12.7. The van der Waals surface area contributed by atoms with Crippen LogP contribution in [0.5, 0.6) is 5.88 Å². The lowest BCUT2D eigenvalue weighted by molar-refractivity contribution is 0.0723. The van der Waals surface area contributed by atoms with Gasteiger partial charge in [-0.05, 0) is 36.2 Å². The third kappa shape index (κ3) is 4.08. The van der Waals surface area contributed by atoms with Gasteiger partial charge in [0.1, 0.15) is 0 Å². The molecule has 1 heterocycles. The van der Waals surface area contributed by atoms with Crippen molar-refractivity contribution in [2.24, 2.45) is 0 Å². The molecule has 0 spiro atoms. The Hall–Kier alpha value is -3.37. The van der Waals surface area contributed by atoms with Gasteiger partial charge in [-0.15, -0.1) is 0 Å². The van der Waals surface area contributed by atoms with Crippen LogP contribution in [-0.2, 0) is 6.42 Å². The summed E-state index contributed by atoms with van der Waals surface area (Å²) in [5.74, 6) is -0.137. The molecule has 0 N–H and O–H groups in total. The van der Waals surface area contributed by atoms with Crippen LogP contribution >= 0.6 is 11.6 Å². The number of rotatable bonds is 5. The molecule has 144 valence electrons. The molecule has 4 rings (SSSR count). The number of benzene rings is 3. The van der Waals surface area contributed by atoms with Crippen molar-refractivity contribution in [3.8, 4) is 22.8 Å². The van der Waals surface area contributed by atoms with Gasteiger partial charge in [0.05, 0.1) is 22.0 Å². The Morgan fingerprint density at radius 2 is 1.66 bits per heavy atom. The molecule has 0 aliphatic rings. The SMILES string of the molecule is CCc1ccc(C(=O)Oc2cc(-c3ccccc3)nn2-c2ccccc2Cl)cc1. The molecule has 0 atom stereocenters. The first-order chi connectivity index (χ1) is 14.2. The van der Waals surface area contributed by atoms with E-state index in [1.807, 2.05) is 60.7 Å². The summed E-state index contributed by atoms with van der Waals surface area (Å²) in [7, 11) is 0. The molecule has 4 aromatic rings. The van der Waals surface area contributed by atoms with E-state index in [0.717, 1.165) is 17.5 Å². The third-order valence-electron chi connectivity index (χ3n) is 4.62. The van der Waals surface area contributed by atoms with Crippen molar-refractivity contribution in [2.45, 2.75) is 13.3 Å². The number of aromatic nitrogens is 2. The predicted octanol–water partition coefficient (Wildman–Crippen LogP) is 5.97. The van der Waals surface area contributed by atoms with Crippen LogP contribution in [0.4, 0.5) is 0 Å². The number of carbonyl (C=O) groups is 1. The van der Waals surface area contributed by atoms with Crippen LogP contribution < -0.4 is 4.74 Å². The summed E-state index contributed by atoms with van der Waals surface area (Å²) < 4.78 is 7.28. The zero-order chi connectivity index (χ0) is 20.2. The van der Waals surface area contributed by atoms with Gasteiger partial charge in [0, 0.05) is 11.6 Å². The van der Waals surface area contributed by atoms with Crippen molar-refractivity contribution in [1.82, 2.24) is 9.78 Å². The fourth-order valence-corrected chi connectivity index (χ4v) is 3.23. The smallest absolute Gasteiger partial charge is 0.344 e. The van der Waals surface area contributed by atoms with E-state index >= 15 is 0 Å². The van der Waals surface area contributed by atoms with Gasteiger partial charge >= 0.3 is 5.97 Å². The minimum Gasteiger partial charge on any atom is -0.404 e. The lowest BCUT2D eigenvalue weighted by atomic mass is 10.1. The Morgan fingerprint density at radius 1 is 0.966 bits per heavy atom. The van der Waals surface area contributed by atoms with Gasteiger partial charge in [0.25, 0.3) is 0 Å². The molecule has 0 radical (unpaired) electrons. The van der Waals surface area contributed by atoms with E-state index < -0.39 is 5.97 Å². The van der Waals surface area contributed by atoms with Gasteiger partial charge in [-0.2, -0.15) is 9.78 Å². The first kappa shape index (κ1) is 19.0. The molecule has 0 fully saturated rings. The summed E-state index contributed by atoms with van der Waals surface area (Å²) in [6.07, 6.45) is 0.912. The molecule has 0 unspecified atom stereocenters. The Bertz CT molecular complexity index is 1140. The average molecular weight is 403 g/mol. The van der Waals surface area contributed by atoms with Crippen molar-refractivity contribution in [1.29, 1.82) is 0 Å². The fraction of sp³-hybridized carbons (Fsp3) is 0.0833. The van der Waals surface area contributed by atoms with Gasteiger partial charge < -0.3 is 4.74 Å². The van der Waals surface area contributed by atoms with Gasteiger partial charge in [-0.25, -0.2) is 4.79 Å². The van der Waals surface area contributed by atoms with Gasteiger partial charge in [-0.3, -0.25) is 0 Å². The van der Waals surface area contributed by atoms with Crippen LogP contribution in [0.15, 0.2) is 84.9 Å². The van der Waals surface area contributed by atoms with Crippen molar-refractivity contribution in [2.75, 3.05) is 0 Å². The number of hydrogen-bond donors (Lipinski definition) is 0. The predicted molar refractivity (Wildman–Crippen MR) is 115 cm³/mol. The van der Waals surface area contributed by atoms with Crippen LogP contribution in [0.1, 0.15) is 22.8 Å². The summed E-state index contributed by atoms with van der Waals surface area (Å²) in [5, 5.41) is 5.15. The van der Waals surface area contributed by atoms with Crippen LogP contribution in [0, 0.1) is 0 Å². The number of aryl methyl sites for hydroxylation is 1. The zero-order valence-corrected chi connectivity index (χ0v) is 16.6. The topological polar surface area (TPSA) is 44.1 Å². The molecular weight excluding hydrogens is 384 g/mol. The van der Waals surface area contributed by atoms with E-state index in [9.17, 15) is 4.79 Å². The van der Waals surface area contributed by atoms with E-state index in [1.165, 1.54) is 0 Å². The van der Waals surface area contributed by atoms with Crippen LogP contribution in [0.25, 0.3) is 16.9 Å². The summed E-state index contributed by atoms with van der Waals surface area (Å²) in [5.41, 5.74) is 3.89. The van der Waals surface area contributed by atoms with E-state index in [1.54, 1.807) is 28.9 Å². The van der Waals surface area contributed by atoms with Crippen molar-refractivity contribution >= 4 is 17.6 Å². The third-order valence-corrected chi connectivity index (χ3v) is 4.94. The first-order valence-electron chi connectivity index (χ1n) is 9.37. The van der Waals surface area contributed by atoms with E-state index in [2.05, 4.69) is 12.0 Å². The minimum absolute atomic E-state index is 0.307. The molecule has 0 amide bonds. The lowest BCUT2D eigenvalue weighted by Gasteiger charge is -2.09. The molecule has 0 aliphatic heterocycles. The molecule has 0 saturated carbocycles. The van der Waals surface area contributed by atoms with Crippen molar-refractivity contribution < 1.29 is 9.53 Å². The monoisotopic (exact) mass is 402 g/mol. The summed E-state index contributed by atoms with van der Waals surface area (Å²) in [6.45, 7) is 2.07. The number of ether oxygens (including phenoxy) is 1.